The van der Waals surface area contributed by atoms with Crippen LogP contribution in [-0.2, 0) is 21.1 Å². The quantitative estimate of drug-likeness (QED) is 0.404. The highest BCUT2D eigenvalue weighted by molar-refractivity contribution is 9.09. The summed E-state index contributed by atoms with van der Waals surface area (Å²) in [5.74, 6) is 0. The van der Waals surface area contributed by atoms with Gasteiger partial charge in [-0.1, -0.05) is 46.3 Å². The van der Waals surface area contributed by atoms with E-state index in [0.29, 0.717) is 5.33 Å². The predicted molar refractivity (Wildman–Crippen MR) is 72.8 cm³/mol. The van der Waals surface area contributed by atoms with Crippen LogP contribution in [0.15, 0.2) is 30.3 Å². The van der Waals surface area contributed by atoms with E-state index in [2.05, 4.69) is 15.9 Å². The van der Waals surface area contributed by atoms with Gasteiger partial charge in [-0.05, 0) is 5.56 Å². The molecule has 20 heavy (non-hydrogen) atoms. The lowest BCUT2D eigenvalue weighted by Gasteiger charge is -2.38. The molecule has 1 aliphatic heterocycles. The molecule has 0 amide bonds. The van der Waals surface area contributed by atoms with Crippen LogP contribution in [0.1, 0.15) is 5.56 Å². The molecule has 0 bridgehead atoms. The minimum Gasteiger partial charge on any atom is -0.388 e. The van der Waals surface area contributed by atoms with Crippen LogP contribution in [0.25, 0.3) is 0 Å². The Morgan fingerprint density at radius 3 is 2.40 bits per heavy atom. The summed E-state index contributed by atoms with van der Waals surface area (Å²) >= 11 is 3.16. The average molecular weight is 349 g/mol. The van der Waals surface area contributed by atoms with Crippen LogP contribution in [0.2, 0.25) is 0 Å². The SMILES string of the molecule is O[C@@H]1[C@H](O)[C@@H](OOCc2ccccc2)O[C@H](CBr)[C@H]1O. The topological polar surface area (TPSA) is 88.4 Å². The number of hydrogen-bond acceptors (Lipinski definition) is 6. The molecular formula is C13H17BrO6. The van der Waals surface area contributed by atoms with Gasteiger partial charge in [-0.2, -0.15) is 0 Å². The van der Waals surface area contributed by atoms with Gasteiger partial charge in [0.15, 0.2) is 0 Å². The summed E-state index contributed by atoms with van der Waals surface area (Å²) in [5.41, 5.74) is 0.899. The molecule has 0 aliphatic carbocycles. The van der Waals surface area contributed by atoms with Crippen molar-refractivity contribution in [3.8, 4) is 0 Å². The normalized spacial score (nSPS) is 34.1. The fraction of sp³-hybridized carbons (Fsp3) is 0.538. The Morgan fingerprint density at radius 2 is 1.75 bits per heavy atom. The third kappa shape index (κ3) is 3.76. The highest BCUT2D eigenvalue weighted by Gasteiger charge is 2.44. The predicted octanol–water partition coefficient (Wildman–Crippen LogP) is 0.337. The largest absolute Gasteiger partial charge is 0.388 e. The molecule has 0 saturated carbocycles. The number of aliphatic hydroxyl groups excluding tert-OH is 3. The molecule has 0 spiro atoms. The van der Waals surface area contributed by atoms with Crippen molar-refractivity contribution < 1.29 is 29.8 Å². The molecule has 1 aromatic rings. The van der Waals surface area contributed by atoms with Crippen LogP contribution in [0, 0.1) is 0 Å². The van der Waals surface area contributed by atoms with Crippen LogP contribution in [0.3, 0.4) is 0 Å². The summed E-state index contributed by atoms with van der Waals surface area (Å²) in [6.45, 7) is 0.186. The number of benzene rings is 1. The summed E-state index contributed by atoms with van der Waals surface area (Å²) in [6.07, 6.45) is -5.75. The molecule has 6 nitrogen and oxygen atoms in total. The molecule has 5 atom stereocenters. The average Bonchev–Trinajstić information content (AvgIpc) is 2.48. The highest BCUT2D eigenvalue weighted by atomic mass is 79.9. The van der Waals surface area contributed by atoms with Gasteiger partial charge in [0.2, 0.25) is 6.29 Å². The molecule has 112 valence electrons. The van der Waals surface area contributed by atoms with Crippen molar-refractivity contribution >= 4 is 15.9 Å². The molecule has 1 saturated heterocycles. The van der Waals surface area contributed by atoms with Gasteiger partial charge in [0.25, 0.3) is 0 Å². The Morgan fingerprint density at radius 1 is 1.05 bits per heavy atom. The molecule has 1 aliphatic rings. The molecule has 1 aromatic carbocycles. The zero-order valence-electron chi connectivity index (χ0n) is 10.6. The van der Waals surface area contributed by atoms with E-state index in [1.165, 1.54) is 0 Å². The Labute approximate surface area is 125 Å². The smallest absolute Gasteiger partial charge is 0.220 e. The van der Waals surface area contributed by atoms with E-state index >= 15 is 0 Å². The molecule has 7 heteroatoms. The van der Waals surface area contributed by atoms with Gasteiger partial charge in [-0.3, -0.25) is 0 Å². The second-order valence-corrected chi connectivity index (χ2v) is 5.16. The maximum Gasteiger partial charge on any atom is 0.220 e. The third-order valence-corrected chi connectivity index (χ3v) is 3.69. The Hall–Kier alpha value is -0.540. The van der Waals surface area contributed by atoms with Crippen LogP contribution in [-0.4, -0.2) is 51.4 Å². The third-order valence-electron chi connectivity index (χ3n) is 3.05. The van der Waals surface area contributed by atoms with Gasteiger partial charge in [0.1, 0.15) is 24.9 Å². The fourth-order valence-electron chi connectivity index (χ4n) is 1.87. The molecular weight excluding hydrogens is 332 g/mol. The van der Waals surface area contributed by atoms with Gasteiger partial charge in [0, 0.05) is 5.33 Å². The summed E-state index contributed by atoms with van der Waals surface area (Å²) in [7, 11) is 0. The van der Waals surface area contributed by atoms with Crippen molar-refractivity contribution in [1.82, 2.24) is 0 Å². The van der Waals surface area contributed by atoms with E-state index in [-0.39, 0.29) is 6.61 Å². The number of ether oxygens (including phenoxy) is 1. The summed E-state index contributed by atoms with van der Waals surface area (Å²) in [5, 5.41) is 29.4. The first-order chi connectivity index (χ1) is 9.63. The van der Waals surface area contributed by atoms with Crippen molar-refractivity contribution in [1.29, 1.82) is 0 Å². The number of halogens is 1. The van der Waals surface area contributed by atoms with Crippen LogP contribution >= 0.6 is 15.9 Å². The lowest BCUT2D eigenvalue weighted by Crippen LogP contribution is -2.58. The summed E-state index contributed by atoms with van der Waals surface area (Å²) < 4.78 is 5.31. The van der Waals surface area contributed by atoms with Gasteiger partial charge in [-0.25, -0.2) is 9.78 Å². The Bertz CT molecular complexity index is 401. The molecule has 0 radical (unpaired) electrons. The van der Waals surface area contributed by atoms with Gasteiger partial charge < -0.3 is 20.1 Å². The van der Waals surface area contributed by atoms with E-state index in [0.717, 1.165) is 5.56 Å². The Balaban J connectivity index is 1.85. The number of aliphatic hydroxyl groups is 3. The molecule has 0 unspecified atom stereocenters. The molecule has 3 N–H and O–H groups in total. The van der Waals surface area contributed by atoms with Crippen LogP contribution in [0.5, 0.6) is 0 Å². The molecule has 1 heterocycles. The second kappa shape index (κ2) is 7.46. The first-order valence-corrected chi connectivity index (χ1v) is 7.33. The van der Waals surface area contributed by atoms with Crippen molar-refractivity contribution in [2.24, 2.45) is 0 Å². The van der Waals surface area contributed by atoms with Gasteiger partial charge in [0.05, 0.1) is 6.10 Å². The molecule has 2 rings (SSSR count). The van der Waals surface area contributed by atoms with E-state index in [9.17, 15) is 15.3 Å². The standard InChI is InChI=1S/C13H17BrO6/c14-6-9-10(15)11(16)12(17)13(19-9)20-18-7-8-4-2-1-3-5-8/h1-5,9-13,15-17H,6-7H2/t9-,10-,11+,12+,13-/m1/s1. The van der Waals surface area contributed by atoms with Crippen molar-refractivity contribution in [2.75, 3.05) is 5.33 Å². The molecule has 1 fully saturated rings. The fourth-order valence-corrected chi connectivity index (χ4v) is 2.40. The maximum absolute atomic E-state index is 9.76. The zero-order chi connectivity index (χ0) is 14.5. The maximum atomic E-state index is 9.76. The lowest BCUT2D eigenvalue weighted by molar-refractivity contribution is -0.427. The molecule has 0 aromatic heterocycles. The van der Waals surface area contributed by atoms with E-state index in [1.54, 1.807) is 0 Å². The zero-order valence-corrected chi connectivity index (χ0v) is 12.2. The number of hydrogen-bond donors (Lipinski definition) is 3. The minimum absolute atomic E-state index is 0.186. The second-order valence-electron chi connectivity index (χ2n) is 4.51. The monoisotopic (exact) mass is 348 g/mol. The number of rotatable bonds is 5. The highest BCUT2D eigenvalue weighted by Crippen LogP contribution is 2.23. The summed E-state index contributed by atoms with van der Waals surface area (Å²) in [4.78, 5) is 10.00. The van der Waals surface area contributed by atoms with Crippen molar-refractivity contribution in [3.05, 3.63) is 35.9 Å². The van der Waals surface area contributed by atoms with Crippen LogP contribution < -0.4 is 0 Å². The first kappa shape index (κ1) is 15.8. The number of alkyl halides is 1. The van der Waals surface area contributed by atoms with E-state index in [1.807, 2.05) is 30.3 Å². The van der Waals surface area contributed by atoms with Gasteiger partial charge in [-0.15, -0.1) is 0 Å². The summed E-state index contributed by atoms with van der Waals surface area (Å²) in [6, 6.07) is 9.34. The first-order valence-electron chi connectivity index (χ1n) is 6.21. The lowest BCUT2D eigenvalue weighted by atomic mass is 10.0. The van der Waals surface area contributed by atoms with E-state index in [4.69, 9.17) is 14.5 Å². The van der Waals surface area contributed by atoms with Crippen molar-refractivity contribution in [3.63, 3.8) is 0 Å². The van der Waals surface area contributed by atoms with Gasteiger partial charge >= 0.3 is 0 Å². The van der Waals surface area contributed by atoms with E-state index < -0.39 is 30.7 Å². The van der Waals surface area contributed by atoms with Crippen LogP contribution in [0.4, 0.5) is 0 Å². The van der Waals surface area contributed by atoms with Crippen molar-refractivity contribution in [2.45, 2.75) is 37.3 Å². The minimum atomic E-state index is -1.38. The Kier molecular flexibility index (Phi) is 5.91.